The van der Waals surface area contributed by atoms with E-state index in [1.54, 1.807) is 18.3 Å². The number of amides is 1. The van der Waals surface area contributed by atoms with E-state index in [9.17, 15) is 10.1 Å². The molecule has 0 radical (unpaired) electrons. The van der Waals surface area contributed by atoms with E-state index in [1.807, 2.05) is 37.3 Å². The number of anilines is 3. The van der Waals surface area contributed by atoms with Crippen LogP contribution in [0.15, 0.2) is 61.3 Å². The highest BCUT2D eigenvalue weighted by Crippen LogP contribution is 2.46. The van der Waals surface area contributed by atoms with Crippen LogP contribution >= 0.6 is 23.2 Å². The number of methoxy groups -OCH3 is 2. The second-order valence-corrected chi connectivity index (χ2v) is 8.75. The number of benzene rings is 3. The van der Waals surface area contributed by atoms with Gasteiger partial charge in [0, 0.05) is 28.6 Å². The number of aromatic nitrogens is 1. The Morgan fingerprint density at radius 1 is 1.11 bits per heavy atom. The van der Waals surface area contributed by atoms with Crippen molar-refractivity contribution in [3.63, 3.8) is 0 Å². The summed E-state index contributed by atoms with van der Waals surface area (Å²) in [6.07, 6.45) is 2.84. The van der Waals surface area contributed by atoms with E-state index in [2.05, 4.69) is 28.3 Å². The van der Waals surface area contributed by atoms with Gasteiger partial charge in [0.15, 0.2) is 0 Å². The number of hydrogen-bond donors (Lipinski definition) is 2. The Balaban J connectivity index is 1.82. The van der Waals surface area contributed by atoms with E-state index in [4.69, 9.17) is 32.7 Å². The van der Waals surface area contributed by atoms with Crippen LogP contribution in [-0.4, -0.2) is 25.1 Å². The first-order chi connectivity index (χ1) is 17.8. The smallest absolute Gasteiger partial charge is 0.247 e. The molecule has 1 aromatic heterocycles. The average Bonchev–Trinajstić information content (AvgIpc) is 2.90. The number of nitrogens with zero attached hydrogens (tertiary/aromatic N) is 2. The van der Waals surface area contributed by atoms with Gasteiger partial charge in [-0.05, 0) is 36.3 Å². The van der Waals surface area contributed by atoms with Crippen molar-refractivity contribution in [1.29, 1.82) is 5.26 Å². The number of carbonyl (C=O) groups excluding carboxylic acids is 1. The Morgan fingerprint density at radius 3 is 2.43 bits per heavy atom. The number of fused-ring (bicyclic) bond motifs is 1. The number of rotatable bonds is 7. The van der Waals surface area contributed by atoms with Crippen LogP contribution in [0.5, 0.6) is 11.5 Å². The highest BCUT2D eigenvalue weighted by Gasteiger charge is 2.20. The second-order valence-electron chi connectivity index (χ2n) is 8.00. The van der Waals surface area contributed by atoms with Crippen molar-refractivity contribution in [2.24, 2.45) is 0 Å². The zero-order valence-corrected chi connectivity index (χ0v) is 21.8. The summed E-state index contributed by atoms with van der Waals surface area (Å²) in [5.41, 5.74) is 3.62. The van der Waals surface area contributed by atoms with E-state index in [0.717, 1.165) is 5.56 Å². The number of para-hydroxylation sites is 1. The van der Waals surface area contributed by atoms with Gasteiger partial charge in [-0.2, -0.15) is 5.26 Å². The molecule has 4 rings (SSSR count). The minimum atomic E-state index is -0.348. The summed E-state index contributed by atoms with van der Waals surface area (Å²) in [6, 6.07) is 14.8. The Bertz CT molecular complexity index is 1570. The summed E-state index contributed by atoms with van der Waals surface area (Å²) in [5, 5.41) is 18.1. The van der Waals surface area contributed by atoms with Crippen LogP contribution in [0.2, 0.25) is 10.0 Å². The van der Waals surface area contributed by atoms with Crippen LogP contribution in [0.25, 0.3) is 21.9 Å². The van der Waals surface area contributed by atoms with E-state index >= 15 is 0 Å². The Hall–Kier alpha value is -4.25. The molecule has 0 unspecified atom stereocenters. The van der Waals surface area contributed by atoms with Gasteiger partial charge in [-0.15, -0.1) is 0 Å². The number of nitrogens with one attached hydrogen (secondary N) is 2. The maximum absolute atomic E-state index is 11.9. The van der Waals surface area contributed by atoms with Gasteiger partial charge in [-0.1, -0.05) is 54.0 Å². The van der Waals surface area contributed by atoms with Gasteiger partial charge >= 0.3 is 0 Å². The minimum absolute atomic E-state index is 0.341. The molecule has 4 aromatic rings. The third kappa shape index (κ3) is 4.90. The lowest BCUT2D eigenvalue weighted by atomic mass is 9.99. The van der Waals surface area contributed by atoms with Crippen LogP contribution in [0.1, 0.15) is 11.1 Å². The third-order valence-corrected chi connectivity index (χ3v) is 6.57. The summed E-state index contributed by atoms with van der Waals surface area (Å²) >= 11 is 13.2. The number of pyridine rings is 1. The first-order valence-electron chi connectivity index (χ1n) is 11.1. The molecule has 0 aliphatic heterocycles. The molecule has 2 N–H and O–H groups in total. The van der Waals surface area contributed by atoms with Crippen molar-refractivity contribution in [1.82, 2.24) is 4.98 Å². The highest BCUT2D eigenvalue weighted by atomic mass is 35.5. The van der Waals surface area contributed by atoms with Crippen LogP contribution < -0.4 is 20.1 Å². The summed E-state index contributed by atoms with van der Waals surface area (Å²) in [4.78, 5) is 16.4. The van der Waals surface area contributed by atoms with Crippen molar-refractivity contribution in [3.8, 4) is 28.7 Å². The van der Waals surface area contributed by atoms with Crippen molar-refractivity contribution in [3.05, 3.63) is 82.5 Å². The molecule has 9 heteroatoms. The van der Waals surface area contributed by atoms with E-state index in [-0.39, 0.29) is 5.91 Å². The molecule has 0 fully saturated rings. The fraction of sp³-hybridized carbons (Fsp3) is 0.107. The van der Waals surface area contributed by atoms with Crippen molar-refractivity contribution < 1.29 is 14.3 Å². The van der Waals surface area contributed by atoms with E-state index in [0.29, 0.717) is 66.2 Å². The molecule has 0 spiro atoms. The summed E-state index contributed by atoms with van der Waals surface area (Å²) < 4.78 is 10.8. The minimum Gasteiger partial charge on any atom is -0.495 e. The Morgan fingerprint density at radius 2 is 1.81 bits per heavy atom. The molecular weight excluding hydrogens is 511 g/mol. The lowest BCUT2D eigenvalue weighted by Gasteiger charge is -2.17. The summed E-state index contributed by atoms with van der Waals surface area (Å²) in [6.45, 7) is 5.39. The third-order valence-electron chi connectivity index (χ3n) is 5.82. The highest BCUT2D eigenvalue weighted by molar-refractivity contribution is 6.41. The summed E-state index contributed by atoms with van der Waals surface area (Å²) in [7, 11) is 3.03. The molecule has 0 saturated carbocycles. The molecular formula is C28H22Cl2N4O3. The maximum Gasteiger partial charge on any atom is 0.247 e. The molecule has 0 aliphatic carbocycles. The number of nitriles is 1. The Kier molecular flexibility index (Phi) is 7.53. The molecule has 186 valence electrons. The normalized spacial score (nSPS) is 10.5. The molecule has 0 bridgehead atoms. The number of halogens is 2. The molecule has 1 heterocycles. The quantitative estimate of drug-likeness (QED) is 0.243. The Labute approximate surface area is 224 Å². The molecule has 0 aliphatic rings. The van der Waals surface area contributed by atoms with Gasteiger partial charge in [-0.25, -0.2) is 4.98 Å². The molecule has 3 aromatic carbocycles. The van der Waals surface area contributed by atoms with Crippen LogP contribution in [-0.2, 0) is 4.79 Å². The van der Waals surface area contributed by atoms with Gasteiger partial charge in [0.25, 0.3) is 0 Å². The summed E-state index contributed by atoms with van der Waals surface area (Å²) in [5.74, 6) is 0.849. The topological polar surface area (TPSA) is 96.3 Å². The van der Waals surface area contributed by atoms with Gasteiger partial charge in [0.1, 0.15) is 28.9 Å². The SMILES string of the molecule is C=CC(=O)Nc1cccc(C)c1Nc1ncc2cc(-c3c(Cl)c(OC)cc(OC)c3Cl)ccc2c1C#N. The zero-order valence-electron chi connectivity index (χ0n) is 20.3. The zero-order chi connectivity index (χ0) is 26.7. The van der Waals surface area contributed by atoms with Gasteiger partial charge < -0.3 is 20.1 Å². The average molecular weight is 533 g/mol. The number of carbonyl (C=O) groups is 1. The van der Waals surface area contributed by atoms with Crippen LogP contribution in [0.4, 0.5) is 17.2 Å². The fourth-order valence-electron chi connectivity index (χ4n) is 3.97. The number of ether oxygens (including phenoxy) is 2. The predicted molar refractivity (Wildman–Crippen MR) is 148 cm³/mol. The molecule has 0 saturated heterocycles. The van der Waals surface area contributed by atoms with E-state index in [1.165, 1.54) is 20.3 Å². The van der Waals surface area contributed by atoms with Crippen LogP contribution in [0, 0.1) is 18.3 Å². The van der Waals surface area contributed by atoms with Crippen molar-refractivity contribution >= 4 is 57.1 Å². The monoisotopic (exact) mass is 532 g/mol. The largest absolute Gasteiger partial charge is 0.495 e. The van der Waals surface area contributed by atoms with E-state index < -0.39 is 0 Å². The lowest BCUT2D eigenvalue weighted by molar-refractivity contribution is -0.111. The first kappa shape index (κ1) is 25.8. The molecule has 37 heavy (non-hydrogen) atoms. The van der Waals surface area contributed by atoms with Gasteiger partial charge in [0.05, 0.1) is 35.6 Å². The van der Waals surface area contributed by atoms with Gasteiger partial charge in [0.2, 0.25) is 5.91 Å². The predicted octanol–water partition coefficient (Wildman–Crippen LogP) is 7.27. The maximum atomic E-state index is 11.9. The standard InChI is InChI=1S/C28H22Cl2N4O3/c1-5-23(35)33-20-8-6-7-15(2)27(20)34-28-19(13-31)18-10-9-16(11-17(18)14-32-28)24-25(29)21(36-3)12-22(37-4)26(24)30/h5-12,14H,1H2,2-4H3,(H,32,34)(H,33,35). The molecule has 0 atom stereocenters. The fourth-order valence-corrected chi connectivity index (χ4v) is 4.68. The first-order valence-corrected chi connectivity index (χ1v) is 11.8. The molecule has 1 amide bonds. The lowest BCUT2D eigenvalue weighted by Crippen LogP contribution is -2.10. The van der Waals surface area contributed by atoms with Crippen molar-refractivity contribution in [2.45, 2.75) is 6.92 Å². The van der Waals surface area contributed by atoms with Crippen molar-refractivity contribution in [2.75, 3.05) is 24.9 Å². The second kappa shape index (κ2) is 10.8. The van der Waals surface area contributed by atoms with Crippen LogP contribution in [0.3, 0.4) is 0 Å². The number of hydrogen-bond acceptors (Lipinski definition) is 6. The number of aryl methyl sites for hydroxylation is 1. The van der Waals surface area contributed by atoms with Gasteiger partial charge in [-0.3, -0.25) is 4.79 Å². The molecule has 7 nitrogen and oxygen atoms in total.